The number of anilines is 1. The predicted molar refractivity (Wildman–Crippen MR) is 137 cm³/mol. The number of β-amino-alcohol motifs (C(OH)–C–C–N with tert-alkyl or cyclic N) is 1. The molecule has 0 amide bonds. The van der Waals surface area contributed by atoms with Gasteiger partial charge in [-0.3, -0.25) is 0 Å². The van der Waals surface area contributed by atoms with E-state index in [0.717, 1.165) is 31.5 Å². The molecule has 4 rings (SSSR count). The molecule has 0 radical (unpaired) electrons. The van der Waals surface area contributed by atoms with Crippen molar-refractivity contribution in [3.05, 3.63) is 70.8 Å². The van der Waals surface area contributed by atoms with Crippen LogP contribution in [0.2, 0.25) is 0 Å². The average Bonchev–Trinajstić information content (AvgIpc) is 3.23. The fourth-order valence-corrected chi connectivity index (χ4v) is 4.81. The van der Waals surface area contributed by atoms with E-state index in [1.54, 1.807) is 18.2 Å². The standard InChI is InChI=1S/C27H32FN5O3/c1-18(20-3-2-19-6-9-32(16-25(35)17-34)10-7-21(19)12-20)31-27(36-30)22-4-5-26(23(13-22)14-29)33-11-8-24(28)15-33/h2-5,12-13,24-25,34-35H,1,6-11,15-17,30H2. The highest BCUT2D eigenvalue weighted by Crippen LogP contribution is 2.28. The van der Waals surface area contributed by atoms with E-state index in [1.165, 1.54) is 11.1 Å². The number of aliphatic imine (C=N–C) groups is 1. The number of hydrogen-bond acceptors (Lipinski definition) is 8. The number of aliphatic hydroxyl groups excluding tert-OH is 2. The van der Waals surface area contributed by atoms with E-state index in [4.69, 9.17) is 15.8 Å². The van der Waals surface area contributed by atoms with Gasteiger partial charge in [-0.1, -0.05) is 18.7 Å². The van der Waals surface area contributed by atoms with Gasteiger partial charge in [0.15, 0.2) is 0 Å². The van der Waals surface area contributed by atoms with Gasteiger partial charge in [0.05, 0.1) is 29.7 Å². The number of nitrogens with two attached hydrogens (primary N) is 1. The molecule has 2 aromatic carbocycles. The number of hydrogen-bond donors (Lipinski definition) is 3. The van der Waals surface area contributed by atoms with E-state index >= 15 is 0 Å². The van der Waals surface area contributed by atoms with Gasteiger partial charge in [-0.15, -0.1) is 0 Å². The summed E-state index contributed by atoms with van der Waals surface area (Å²) in [7, 11) is 0. The minimum absolute atomic E-state index is 0.131. The van der Waals surface area contributed by atoms with E-state index in [-0.39, 0.29) is 19.0 Å². The molecular formula is C27H32FN5O3. The molecular weight excluding hydrogens is 461 g/mol. The van der Waals surface area contributed by atoms with Crippen LogP contribution in [0.15, 0.2) is 48.0 Å². The number of fused-ring (bicyclic) bond motifs is 1. The van der Waals surface area contributed by atoms with Crippen molar-refractivity contribution < 1.29 is 19.4 Å². The average molecular weight is 494 g/mol. The molecule has 2 atom stereocenters. The third kappa shape index (κ3) is 5.91. The second kappa shape index (κ2) is 11.6. The van der Waals surface area contributed by atoms with Crippen LogP contribution in [-0.4, -0.2) is 72.6 Å². The van der Waals surface area contributed by atoms with Gasteiger partial charge >= 0.3 is 0 Å². The summed E-state index contributed by atoms with van der Waals surface area (Å²) >= 11 is 0. The first-order valence-electron chi connectivity index (χ1n) is 12.1. The first-order chi connectivity index (χ1) is 17.4. The van der Waals surface area contributed by atoms with E-state index < -0.39 is 12.3 Å². The molecule has 0 spiro atoms. The Balaban J connectivity index is 1.52. The highest BCUT2D eigenvalue weighted by atomic mass is 19.1. The largest absolute Gasteiger partial charge is 0.394 e. The second-order valence-corrected chi connectivity index (χ2v) is 9.28. The number of aliphatic hydroxyl groups is 2. The number of benzene rings is 2. The zero-order valence-corrected chi connectivity index (χ0v) is 20.2. The Morgan fingerprint density at radius 3 is 2.61 bits per heavy atom. The van der Waals surface area contributed by atoms with E-state index in [1.807, 2.05) is 11.0 Å². The quantitative estimate of drug-likeness (QED) is 0.307. The molecule has 2 aliphatic rings. The van der Waals surface area contributed by atoms with Crippen LogP contribution in [0.25, 0.3) is 5.70 Å². The maximum absolute atomic E-state index is 13.7. The first kappa shape index (κ1) is 25.8. The lowest BCUT2D eigenvalue weighted by atomic mass is 9.99. The Bertz CT molecular complexity index is 1180. The minimum atomic E-state index is -0.889. The zero-order chi connectivity index (χ0) is 25.7. The van der Waals surface area contributed by atoms with Crippen molar-refractivity contribution in [3.63, 3.8) is 0 Å². The number of rotatable bonds is 7. The van der Waals surface area contributed by atoms with Crippen molar-refractivity contribution in [2.45, 2.75) is 31.5 Å². The predicted octanol–water partition coefficient (Wildman–Crippen LogP) is 2.17. The lowest BCUT2D eigenvalue weighted by Gasteiger charge is -2.21. The van der Waals surface area contributed by atoms with Crippen LogP contribution in [0.4, 0.5) is 10.1 Å². The molecule has 2 aromatic rings. The Morgan fingerprint density at radius 1 is 1.19 bits per heavy atom. The van der Waals surface area contributed by atoms with Crippen LogP contribution in [0.1, 0.15) is 34.2 Å². The van der Waals surface area contributed by atoms with Gasteiger partial charge in [-0.25, -0.2) is 9.38 Å². The van der Waals surface area contributed by atoms with Crippen LogP contribution in [0, 0.1) is 11.3 Å². The van der Waals surface area contributed by atoms with Crippen molar-refractivity contribution in [2.24, 2.45) is 10.9 Å². The van der Waals surface area contributed by atoms with Crippen molar-refractivity contribution in [1.82, 2.24) is 4.90 Å². The lowest BCUT2D eigenvalue weighted by molar-refractivity contribution is 0.0605. The van der Waals surface area contributed by atoms with Gasteiger partial charge in [0.1, 0.15) is 12.2 Å². The molecule has 2 unspecified atom stereocenters. The van der Waals surface area contributed by atoms with Crippen molar-refractivity contribution in [1.29, 1.82) is 5.26 Å². The molecule has 1 fully saturated rings. The molecule has 4 N–H and O–H groups in total. The summed E-state index contributed by atoms with van der Waals surface area (Å²) in [5.74, 6) is 5.67. The number of nitriles is 1. The minimum Gasteiger partial charge on any atom is -0.394 e. The Hall–Kier alpha value is -3.29. The fraction of sp³-hybridized carbons (Fsp3) is 0.407. The van der Waals surface area contributed by atoms with Crippen LogP contribution >= 0.6 is 0 Å². The van der Waals surface area contributed by atoms with Crippen molar-refractivity contribution in [2.75, 3.05) is 44.2 Å². The van der Waals surface area contributed by atoms with Gasteiger partial charge in [0.2, 0.25) is 5.90 Å². The molecule has 190 valence electrons. The summed E-state index contributed by atoms with van der Waals surface area (Å²) in [5, 5.41) is 28.6. The summed E-state index contributed by atoms with van der Waals surface area (Å²) in [6, 6.07) is 13.4. The van der Waals surface area contributed by atoms with Crippen molar-refractivity contribution in [3.8, 4) is 6.07 Å². The maximum atomic E-state index is 13.7. The third-order valence-electron chi connectivity index (χ3n) is 6.80. The SMILES string of the molecule is C=C(N=C(ON)c1ccc(N2CCC(F)C2)c(C#N)c1)c1ccc2c(c1)CCN(CC(O)CO)CC2. The molecule has 0 aliphatic carbocycles. The Labute approximate surface area is 210 Å². The van der Waals surface area contributed by atoms with E-state index in [9.17, 15) is 14.8 Å². The van der Waals surface area contributed by atoms with Gasteiger partial charge in [0.25, 0.3) is 0 Å². The normalized spacial score (nSPS) is 19.4. The van der Waals surface area contributed by atoms with Gasteiger partial charge in [-0.05, 0) is 60.2 Å². The molecule has 2 aliphatic heterocycles. The molecule has 0 bridgehead atoms. The monoisotopic (exact) mass is 493 g/mol. The summed E-state index contributed by atoms with van der Waals surface area (Å²) in [5.41, 5.74) is 5.34. The third-order valence-corrected chi connectivity index (χ3v) is 6.80. The van der Waals surface area contributed by atoms with Gasteiger partial charge in [-0.2, -0.15) is 11.2 Å². The zero-order valence-electron chi connectivity index (χ0n) is 20.2. The highest BCUT2D eigenvalue weighted by molar-refractivity contribution is 5.98. The lowest BCUT2D eigenvalue weighted by Crippen LogP contribution is -2.35. The second-order valence-electron chi connectivity index (χ2n) is 9.28. The molecule has 9 heteroatoms. The van der Waals surface area contributed by atoms with Crippen LogP contribution in [0.3, 0.4) is 0 Å². The highest BCUT2D eigenvalue weighted by Gasteiger charge is 2.24. The molecule has 36 heavy (non-hydrogen) atoms. The summed E-state index contributed by atoms with van der Waals surface area (Å²) < 4.78 is 13.7. The topological polar surface area (TPSA) is 118 Å². The number of halogens is 1. The molecule has 1 saturated heterocycles. The maximum Gasteiger partial charge on any atom is 0.245 e. The van der Waals surface area contributed by atoms with Crippen LogP contribution in [0.5, 0.6) is 0 Å². The van der Waals surface area contributed by atoms with Gasteiger partial charge in [0, 0.05) is 38.3 Å². The molecule has 0 aromatic heterocycles. The number of alkyl halides is 1. The van der Waals surface area contributed by atoms with Gasteiger partial charge < -0.3 is 24.9 Å². The number of nitrogens with zero attached hydrogens (tertiary/aromatic N) is 4. The molecule has 0 saturated carbocycles. The van der Waals surface area contributed by atoms with E-state index in [2.05, 4.69) is 34.7 Å². The van der Waals surface area contributed by atoms with Crippen LogP contribution < -0.4 is 10.8 Å². The fourth-order valence-electron chi connectivity index (χ4n) is 4.81. The Morgan fingerprint density at radius 2 is 1.94 bits per heavy atom. The smallest absolute Gasteiger partial charge is 0.245 e. The van der Waals surface area contributed by atoms with E-state index in [0.29, 0.717) is 42.0 Å². The summed E-state index contributed by atoms with van der Waals surface area (Å²) in [6.07, 6.45) is 0.484. The van der Waals surface area contributed by atoms with Crippen LogP contribution in [-0.2, 0) is 17.7 Å². The summed E-state index contributed by atoms with van der Waals surface area (Å²) in [6.45, 7) is 6.74. The summed E-state index contributed by atoms with van der Waals surface area (Å²) in [4.78, 5) is 13.6. The molecule has 8 nitrogen and oxygen atoms in total. The molecule has 2 heterocycles. The Kier molecular flexibility index (Phi) is 8.33. The first-order valence-corrected chi connectivity index (χ1v) is 12.1. The van der Waals surface area contributed by atoms with Crippen molar-refractivity contribution >= 4 is 17.3 Å².